The van der Waals surface area contributed by atoms with Gasteiger partial charge in [0.1, 0.15) is 6.10 Å². The molecule has 0 saturated carbocycles. The van der Waals surface area contributed by atoms with Gasteiger partial charge in [-0.05, 0) is 83.1 Å². The van der Waals surface area contributed by atoms with Crippen molar-refractivity contribution in [3.05, 3.63) is 60.8 Å². The van der Waals surface area contributed by atoms with Crippen LogP contribution in [0.4, 0.5) is 0 Å². The van der Waals surface area contributed by atoms with Crippen LogP contribution in [-0.4, -0.2) is 23.1 Å². The van der Waals surface area contributed by atoms with Gasteiger partial charge in [-0.3, -0.25) is 9.59 Å². The van der Waals surface area contributed by atoms with Crippen LogP contribution < -0.4 is 0 Å². The number of aliphatic carboxylic acids is 1. The Morgan fingerprint density at radius 3 is 1.75 bits per heavy atom. The first-order valence-corrected chi connectivity index (χ1v) is 16.3. The molecule has 0 fully saturated rings. The third kappa shape index (κ3) is 30.2. The van der Waals surface area contributed by atoms with Crippen molar-refractivity contribution in [3.8, 4) is 0 Å². The zero-order chi connectivity index (χ0) is 29.4. The second kappa shape index (κ2) is 31.2. The summed E-state index contributed by atoms with van der Waals surface area (Å²) in [7, 11) is 0. The molecule has 0 aliphatic rings. The van der Waals surface area contributed by atoms with Crippen LogP contribution in [0.15, 0.2) is 60.8 Å². The molecule has 228 valence electrons. The predicted molar refractivity (Wildman–Crippen MR) is 172 cm³/mol. The van der Waals surface area contributed by atoms with Gasteiger partial charge in [-0.15, -0.1) is 0 Å². The second-order valence-electron chi connectivity index (χ2n) is 10.6. The van der Waals surface area contributed by atoms with E-state index in [4.69, 9.17) is 9.84 Å². The van der Waals surface area contributed by atoms with Crippen LogP contribution >= 0.6 is 0 Å². The van der Waals surface area contributed by atoms with E-state index in [1.165, 1.54) is 57.8 Å². The molecule has 0 spiro atoms. The van der Waals surface area contributed by atoms with Crippen LogP contribution in [0.3, 0.4) is 0 Å². The molecule has 0 amide bonds. The smallest absolute Gasteiger partial charge is 0.306 e. The van der Waals surface area contributed by atoms with Crippen molar-refractivity contribution in [2.75, 3.05) is 0 Å². The van der Waals surface area contributed by atoms with E-state index >= 15 is 0 Å². The summed E-state index contributed by atoms with van der Waals surface area (Å²) in [6.45, 7) is 4.39. The van der Waals surface area contributed by atoms with E-state index in [9.17, 15) is 9.59 Å². The van der Waals surface area contributed by atoms with Crippen LogP contribution in [0.1, 0.15) is 149 Å². The number of ether oxygens (including phenoxy) is 1. The lowest BCUT2D eigenvalue weighted by Gasteiger charge is -2.14. The Balaban J connectivity index is 4.21. The number of hydrogen-bond acceptors (Lipinski definition) is 3. The summed E-state index contributed by atoms with van der Waals surface area (Å²) >= 11 is 0. The molecule has 1 N–H and O–H groups in total. The zero-order valence-electron chi connectivity index (χ0n) is 25.9. The summed E-state index contributed by atoms with van der Waals surface area (Å²) in [5, 5.41) is 8.83. The van der Waals surface area contributed by atoms with Crippen molar-refractivity contribution in [1.29, 1.82) is 0 Å². The Hall–Kier alpha value is -2.36. The number of carbonyl (C=O) groups is 2. The van der Waals surface area contributed by atoms with Gasteiger partial charge in [0, 0.05) is 12.8 Å². The molecule has 0 aromatic heterocycles. The molecule has 1 atom stereocenters. The normalized spacial score (nSPS) is 13.1. The molecular formula is C36H60O4. The Bertz CT molecular complexity index is 729. The maximum atomic E-state index is 12.5. The minimum Gasteiger partial charge on any atom is -0.481 e. The Morgan fingerprint density at radius 1 is 0.600 bits per heavy atom. The fourth-order valence-corrected chi connectivity index (χ4v) is 4.32. The number of hydrogen-bond donors (Lipinski definition) is 1. The average Bonchev–Trinajstić information content (AvgIpc) is 2.93. The molecule has 0 aromatic rings. The fraction of sp³-hybridized carbons (Fsp3) is 0.667. The number of carbonyl (C=O) groups excluding carboxylic acids is 1. The lowest BCUT2D eigenvalue weighted by molar-refractivity contribution is -0.147. The highest BCUT2D eigenvalue weighted by Crippen LogP contribution is 2.14. The van der Waals surface area contributed by atoms with E-state index in [0.717, 1.165) is 57.8 Å². The van der Waals surface area contributed by atoms with Crippen LogP contribution in [0.2, 0.25) is 0 Å². The maximum Gasteiger partial charge on any atom is 0.306 e. The zero-order valence-corrected chi connectivity index (χ0v) is 25.9. The Labute approximate surface area is 246 Å². The standard InChI is InChI=1S/C36H60O4/c1-3-5-7-9-11-13-15-16-18-20-22-24-29-33-36(39)40-34(31-27-25-28-32-35(37)38)30-26-23-21-19-17-14-12-10-8-6-4-2/h6,8,12-15,19,21,26,30,34H,3-5,7,9-11,16-18,20,22-25,27-29,31-33H2,1-2H3,(H,37,38)/b8-6-,14-12-,15-13-,21-19-,30-26-. The minimum atomic E-state index is -0.754. The molecular weight excluding hydrogens is 496 g/mol. The van der Waals surface area contributed by atoms with Crippen molar-refractivity contribution in [2.24, 2.45) is 0 Å². The highest BCUT2D eigenvalue weighted by Gasteiger charge is 2.11. The number of carboxylic acid groups (broad SMARTS) is 1. The van der Waals surface area contributed by atoms with E-state index in [-0.39, 0.29) is 18.5 Å². The van der Waals surface area contributed by atoms with Crippen molar-refractivity contribution in [1.82, 2.24) is 0 Å². The van der Waals surface area contributed by atoms with Gasteiger partial charge in [0.05, 0.1) is 0 Å². The molecule has 4 heteroatoms. The van der Waals surface area contributed by atoms with E-state index in [0.29, 0.717) is 12.8 Å². The predicted octanol–water partition coefficient (Wildman–Crippen LogP) is 11.0. The topological polar surface area (TPSA) is 63.6 Å². The first kappa shape index (κ1) is 37.6. The number of unbranched alkanes of at least 4 members (excludes halogenated alkanes) is 11. The van der Waals surface area contributed by atoms with E-state index in [2.05, 4.69) is 68.5 Å². The molecule has 0 bridgehead atoms. The highest BCUT2D eigenvalue weighted by molar-refractivity contribution is 5.69. The van der Waals surface area contributed by atoms with Crippen molar-refractivity contribution in [3.63, 3.8) is 0 Å². The molecule has 4 nitrogen and oxygen atoms in total. The molecule has 0 aliphatic heterocycles. The van der Waals surface area contributed by atoms with Gasteiger partial charge in [0.25, 0.3) is 0 Å². The molecule has 0 aliphatic carbocycles. The number of esters is 1. The lowest BCUT2D eigenvalue weighted by atomic mass is 10.1. The minimum absolute atomic E-state index is 0.121. The van der Waals surface area contributed by atoms with Crippen LogP contribution in [0, 0.1) is 0 Å². The summed E-state index contributed by atoms with van der Waals surface area (Å²) in [6, 6.07) is 0. The van der Waals surface area contributed by atoms with Gasteiger partial charge in [-0.1, -0.05) is 113 Å². The summed E-state index contributed by atoms with van der Waals surface area (Å²) in [5.74, 6) is -0.875. The van der Waals surface area contributed by atoms with E-state index < -0.39 is 5.97 Å². The van der Waals surface area contributed by atoms with Crippen molar-refractivity contribution >= 4 is 11.9 Å². The SMILES string of the molecule is CC/C=C\C/C=C\C/C=C\C/C=C\C(CCCCCC(=O)O)OC(=O)CCCCCCC/C=C\CCCCCC. The average molecular weight is 557 g/mol. The molecule has 0 heterocycles. The summed E-state index contributed by atoms with van der Waals surface area (Å²) in [4.78, 5) is 23.2. The van der Waals surface area contributed by atoms with Gasteiger partial charge < -0.3 is 9.84 Å². The first-order valence-electron chi connectivity index (χ1n) is 16.3. The monoisotopic (exact) mass is 556 g/mol. The fourth-order valence-electron chi connectivity index (χ4n) is 4.32. The largest absolute Gasteiger partial charge is 0.481 e. The Kier molecular flexibility index (Phi) is 29.3. The van der Waals surface area contributed by atoms with Crippen LogP contribution in [-0.2, 0) is 14.3 Å². The van der Waals surface area contributed by atoms with Crippen LogP contribution in [0.5, 0.6) is 0 Å². The quantitative estimate of drug-likeness (QED) is 0.0591. The van der Waals surface area contributed by atoms with Gasteiger partial charge in [-0.2, -0.15) is 0 Å². The lowest BCUT2D eigenvalue weighted by Crippen LogP contribution is -2.16. The van der Waals surface area contributed by atoms with E-state index in [1.54, 1.807) is 0 Å². The van der Waals surface area contributed by atoms with Gasteiger partial charge in [-0.25, -0.2) is 0 Å². The first-order chi connectivity index (χ1) is 19.6. The molecule has 0 radical (unpaired) electrons. The molecule has 1 unspecified atom stereocenters. The number of carboxylic acids is 1. The highest BCUT2D eigenvalue weighted by atomic mass is 16.5. The van der Waals surface area contributed by atoms with Gasteiger partial charge >= 0.3 is 11.9 Å². The molecule has 40 heavy (non-hydrogen) atoms. The molecule has 0 rings (SSSR count). The van der Waals surface area contributed by atoms with Crippen LogP contribution in [0.25, 0.3) is 0 Å². The van der Waals surface area contributed by atoms with Gasteiger partial charge in [0.15, 0.2) is 0 Å². The molecule has 0 aromatic carbocycles. The Morgan fingerprint density at radius 2 is 1.12 bits per heavy atom. The number of allylic oxidation sites excluding steroid dienone is 9. The van der Waals surface area contributed by atoms with Crippen molar-refractivity contribution < 1.29 is 19.4 Å². The third-order valence-electron chi connectivity index (χ3n) is 6.71. The van der Waals surface area contributed by atoms with E-state index in [1.807, 2.05) is 6.08 Å². The van der Waals surface area contributed by atoms with Gasteiger partial charge in [0.2, 0.25) is 0 Å². The molecule has 0 saturated heterocycles. The maximum absolute atomic E-state index is 12.5. The summed E-state index contributed by atoms with van der Waals surface area (Å²) in [6.07, 6.45) is 42.3. The number of rotatable bonds is 28. The second-order valence-corrected chi connectivity index (χ2v) is 10.6. The summed E-state index contributed by atoms with van der Waals surface area (Å²) < 4.78 is 5.78. The van der Waals surface area contributed by atoms with Crippen molar-refractivity contribution in [2.45, 2.75) is 155 Å². The third-order valence-corrected chi connectivity index (χ3v) is 6.71. The summed E-state index contributed by atoms with van der Waals surface area (Å²) in [5.41, 5.74) is 0.